The Morgan fingerprint density at radius 2 is 1.61 bits per heavy atom. The largest absolute Gasteiger partial charge is 0.134 e. The highest BCUT2D eigenvalue weighted by Crippen LogP contribution is 2.44. The Hall–Kier alpha value is -2.64. The zero-order chi connectivity index (χ0) is 18.9. The van der Waals surface area contributed by atoms with Gasteiger partial charge in [0.2, 0.25) is 0 Å². The molecule has 0 radical (unpaired) electrons. The number of benzene rings is 3. The number of thiophene rings is 1. The summed E-state index contributed by atoms with van der Waals surface area (Å²) < 4.78 is 2.88. The van der Waals surface area contributed by atoms with Gasteiger partial charge in [-0.15, -0.1) is 11.3 Å². The number of hydrogen-bond donors (Lipinski definition) is 0. The summed E-state index contributed by atoms with van der Waals surface area (Å²) in [7, 11) is 0. The Morgan fingerprint density at radius 1 is 0.821 bits per heavy atom. The molecule has 0 aliphatic heterocycles. The van der Waals surface area contributed by atoms with E-state index in [1.165, 1.54) is 48.9 Å². The minimum absolute atomic E-state index is 0.594. The van der Waals surface area contributed by atoms with Gasteiger partial charge in [-0.2, -0.15) is 0 Å². The molecule has 0 saturated carbocycles. The fraction of sp³-hybridized carbons (Fsp3) is 0.185. The molecule has 1 heteroatoms. The standard InChI is InChI=1S/C27H24S/c1-19-9-5-6-12-21(18-17-19)23-14-8-16-25-24-15-7-13-22(26(24)28-27(23)25)20-10-3-2-4-11-20/h2-5,7-11,13-17,21H,6,12,18H2,1H3/b9-5-,19-17-. The molecule has 5 rings (SSSR count). The Bertz CT molecular complexity index is 1190. The Labute approximate surface area is 170 Å². The SMILES string of the molecule is CC1=C/CC(c2cccc3c2sc2c(-c4ccccc4)cccc23)CC/C=C\1. The van der Waals surface area contributed by atoms with Crippen molar-refractivity contribution in [1.82, 2.24) is 0 Å². The van der Waals surface area contributed by atoms with Crippen molar-refractivity contribution in [2.75, 3.05) is 0 Å². The van der Waals surface area contributed by atoms with Gasteiger partial charge >= 0.3 is 0 Å². The van der Waals surface area contributed by atoms with Gasteiger partial charge in [-0.25, -0.2) is 0 Å². The average Bonchev–Trinajstić information content (AvgIpc) is 3.11. The zero-order valence-electron chi connectivity index (χ0n) is 16.2. The van der Waals surface area contributed by atoms with Crippen molar-refractivity contribution in [2.45, 2.75) is 32.1 Å². The summed E-state index contributed by atoms with van der Waals surface area (Å²) in [4.78, 5) is 0. The highest BCUT2D eigenvalue weighted by molar-refractivity contribution is 7.26. The van der Waals surface area contributed by atoms with Crippen LogP contribution in [0.1, 0.15) is 37.7 Å². The van der Waals surface area contributed by atoms with Crippen molar-refractivity contribution < 1.29 is 0 Å². The van der Waals surface area contributed by atoms with Gasteiger partial charge < -0.3 is 0 Å². The minimum atomic E-state index is 0.594. The van der Waals surface area contributed by atoms with Crippen LogP contribution < -0.4 is 0 Å². The fourth-order valence-corrected chi connectivity index (χ4v) is 5.80. The molecule has 1 heterocycles. The van der Waals surface area contributed by atoms with Crippen LogP contribution in [0.25, 0.3) is 31.3 Å². The highest BCUT2D eigenvalue weighted by Gasteiger charge is 2.18. The summed E-state index contributed by atoms with van der Waals surface area (Å²) in [5.74, 6) is 0.594. The topological polar surface area (TPSA) is 0 Å². The van der Waals surface area contributed by atoms with Crippen LogP contribution in [-0.2, 0) is 0 Å². The first-order valence-electron chi connectivity index (χ1n) is 10.1. The highest BCUT2D eigenvalue weighted by atomic mass is 32.1. The van der Waals surface area contributed by atoms with Crippen LogP contribution in [0.5, 0.6) is 0 Å². The van der Waals surface area contributed by atoms with Gasteiger partial charge in [-0.3, -0.25) is 0 Å². The maximum Gasteiger partial charge on any atom is 0.0433 e. The second-order valence-corrected chi connectivity index (χ2v) is 8.76. The van der Waals surface area contributed by atoms with Crippen LogP contribution in [0.2, 0.25) is 0 Å². The second-order valence-electron chi connectivity index (χ2n) is 7.73. The molecular formula is C27H24S. The molecule has 0 nitrogen and oxygen atoms in total. The molecule has 1 aromatic heterocycles. The molecule has 4 aromatic rings. The summed E-state index contributed by atoms with van der Waals surface area (Å²) in [5.41, 5.74) is 5.56. The molecule has 0 bridgehead atoms. The van der Waals surface area contributed by atoms with Crippen LogP contribution in [-0.4, -0.2) is 0 Å². The van der Waals surface area contributed by atoms with E-state index in [0.717, 1.165) is 12.8 Å². The van der Waals surface area contributed by atoms with Crippen LogP contribution >= 0.6 is 11.3 Å². The Balaban J connectivity index is 1.69. The molecule has 0 amide bonds. The minimum Gasteiger partial charge on any atom is -0.134 e. The maximum atomic E-state index is 2.40. The third-order valence-electron chi connectivity index (χ3n) is 5.87. The van der Waals surface area contributed by atoms with Crippen molar-refractivity contribution in [2.24, 2.45) is 0 Å². The first-order valence-corrected chi connectivity index (χ1v) is 11.0. The molecule has 1 aliphatic rings. The quantitative estimate of drug-likeness (QED) is 0.327. The van der Waals surface area contributed by atoms with Gasteiger partial charge in [-0.1, -0.05) is 90.5 Å². The lowest BCUT2D eigenvalue weighted by atomic mass is 9.88. The smallest absolute Gasteiger partial charge is 0.0433 e. The summed E-state index contributed by atoms with van der Waals surface area (Å²) in [6.45, 7) is 2.21. The van der Waals surface area contributed by atoms with Gasteiger partial charge in [0.1, 0.15) is 0 Å². The molecule has 0 spiro atoms. The predicted octanol–water partition coefficient (Wildman–Crippen LogP) is 8.49. The van der Waals surface area contributed by atoms with E-state index in [9.17, 15) is 0 Å². The van der Waals surface area contributed by atoms with Crippen molar-refractivity contribution in [1.29, 1.82) is 0 Å². The molecule has 28 heavy (non-hydrogen) atoms. The third kappa shape index (κ3) is 3.10. The van der Waals surface area contributed by atoms with E-state index in [4.69, 9.17) is 0 Å². The van der Waals surface area contributed by atoms with Gasteiger partial charge in [0.05, 0.1) is 0 Å². The van der Waals surface area contributed by atoms with Gasteiger partial charge in [-0.05, 0) is 48.8 Å². The number of rotatable bonds is 2. The van der Waals surface area contributed by atoms with E-state index in [-0.39, 0.29) is 0 Å². The van der Waals surface area contributed by atoms with Gasteiger partial charge in [0, 0.05) is 20.2 Å². The van der Waals surface area contributed by atoms with E-state index < -0.39 is 0 Å². The Morgan fingerprint density at radius 3 is 2.46 bits per heavy atom. The van der Waals surface area contributed by atoms with Gasteiger partial charge in [0.25, 0.3) is 0 Å². The van der Waals surface area contributed by atoms with E-state index >= 15 is 0 Å². The lowest BCUT2D eigenvalue weighted by Gasteiger charge is -2.17. The molecule has 1 atom stereocenters. The second kappa shape index (κ2) is 7.41. The van der Waals surface area contributed by atoms with Crippen molar-refractivity contribution in [3.05, 3.63) is 96.1 Å². The van der Waals surface area contributed by atoms with E-state index in [1.807, 2.05) is 11.3 Å². The van der Waals surface area contributed by atoms with E-state index in [1.54, 1.807) is 0 Å². The maximum absolute atomic E-state index is 2.40. The number of hydrogen-bond acceptors (Lipinski definition) is 1. The molecule has 0 N–H and O–H groups in total. The molecule has 0 saturated heterocycles. The van der Waals surface area contributed by atoms with Crippen LogP contribution in [0.3, 0.4) is 0 Å². The van der Waals surface area contributed by atoms with Crippen LogP contribution in [0, 0.1) is 0 Å². The molecule has 1 unspecified atom stereocenters. The first kappa shape index (κ1) is 17.5. The van der Waals surface area contributed by atoms with Crippen LogP contribution in [0.15, 0.2) is 90.5 Å². The lowest BCUT2D eigenvalue weighted by molar-refractivity contribution is 0.641. The average molecular weight is 381 g/mol. The predicted molar refractivity (Wildman–Crippen MR) is 124 cm³/mol. The molecular weight excluding hydrogens is 356 g/mol. The number of allylic oxidation sites excluding steroid dienone is 4. The van der Waals surface area contributed by atoms with Crippen molar-refractivity contribution >= 4 is 31.5 Å². The molecule has 1 aliphatic carbocycles. The normalized spacial score (nSPS) is 20.5. The van der Waals surface area contributed by atoms with E-state index in [0.29, 0.717) is 5.92 Å². The van der Waals surface area contributed by atoms with Crippen molar-refractivity contribution in [3.63, 3.8) is 0 Å². The zero-order valence-corrected chi connectivity index (χ0v) is 17.0. The lowest BCUT2D eigenvalue weighted by Crippen LogP contribution is -1.99. The van der Waals surface area contributed by atoms with Crippen LogP contribution in [0.4, 0.5) is 0 Å². The number of fused-ring (bicyclic) bond motifs is 3. The van der Waals surface area contributed by atoms with Gasteiger partial charge in [0.15, 0.2) is 0 Å². The monoisotopic (exact) mass is 380 g/mol. The fourth-order valence-electron chi connectivity index (χ4n) is 4.37. The summed E-state index contributed by atoms with van der Waals surface area (Å²) in [6.07, 6.45) is 10.5. The molecule has 0 fully saturated rings. The summed E-state index contributed by atoms with van der Waals surface area (Å²) in [5, 5.41) is 2.80. The first-order chi connectivity index (χ1) is 13.8. The van der Waals surface area contributed by atoms with E-state index in [2.05, 4.69) is 91.9 Å². The molecule has 138 valence electrons. The summed E-state index contributed by atoms with van der Waals surface area (Å²) in [6, 6.07) is 24.5. The Kier molecular flexibility index (Phi) is 4.62. The summed E-state index contributed by atoms with van der Waals surface area (Å²) >= 11 is 1.98. The third-order valence-corrected chi connectivity index (χ3v) is 7.17. The van der Waals surface area contributed by atoms with Crippen molar-refractivity contribution in [3.8, 4) is 11.1 Å². The molecule has 3 aromatic carbocycles.